The Kier molecular flexibility index (Phi) is 5.24. The molecule has 1 heterocycles. The van der Waals surface area contributed by atoms with Crippen LogP contribution in [0.2, 0.25) is 0 Å². The highest BCUT2D eigenvalue weighted by molar-refractivity contribution is 7.91. The number of amides is 1. The lowest BCUT2D eigenvalue weighted by Crippen LogP contribution is -2.46. The normalized spacial score (nSPS) is 23.2. The average Bonchev–Trinajstić information content (AvgIpc) is 2.71. The standard InChI is InChI=1S/C15H18F3NO4S/c1-14(6-7-24(21,22)10-14)19-13(20)12-4-2-11(3-5-12)8-23-9-15(16,17)18/h2-5H,6-10H2,1H3,(H,19,20)/t14-/m0/s1. The van der Waals surface area contributed by atoms with Crippen LogP contribution in [0.1, 0.15) is 29.3 Å². The Hall–Kier alpha value is -1.61. The maximum Gasteiger partial charge on any atom is 0.411 e. The van der Waals surface area contributed by atoms with Gasteiger partial charge >= 0.3 is 6.18 Å². The highest BCUT2D eigenvalue weighted by Gasteiger charge is 2.39. The van der Waals surface area contributed by atoms with E-state index in [1.807, 2.05) is 0 Å². The summed E-state index contributed by atoms with van der Waals surface area (Å²) in [5.74, 6) is -0.480. The molecule has 1 N–H and O–H groups in total. The summed E-state index contributed by atoms with van der Waals surface area (Å²) in [7, 11) is -3.13. The first-order valence-electron chi connectivity index (χ1n) is 7.24. The molecule has 1 aromatic carbocycles. The minimum Gasteiger partial charge on any atom is -0.367 e. The zero-order chi connectivity index (χ0) is 18.0. The Morgan fingerprint density at radius 1 is 1.29 bits per heavy atom. The molecule has 2 rings (SSSR count). The Bertz CT molecular complexity index is 700. The molecule has 1 aliphatic rings. The van der Waals surface area contributed by atoms with Crippen LogP contribution in [0.5, 0.6) is 0 Å². The van der Waals surface area contributed by atoms with Gasteiger partial charge in [0, 0.05) is 5.56 Å². The number of halogens is 3. The molecular formula is C15H18F3NO4S. The zero-order valence-corrected chi connectivity index (χ0v) is 13.8. The first-order chi connectivity index (χ1) is 11.0. The highest BCUT2D eigenvalue weighted by atomic mass is 32.2. The molecule has 1 fully saturated rings. The van der Waals surface area contributed by atoms with Crippen LogP contribution in [0.3, 0.4) is 0 Å². The van der Waals surface area contributed by atoms with E-state index < -0.39 is 34.1 Å². The van der Waals surface area contributed by atoms with Crippen LogP contribution in [-0.4, -0.2) is 44.2 Å². The molecule has 0 unspecified atom stereocenters. The van der Waals surface area contributed by atoms with Crippen LogP contribution in [0.15, 0.2) is 24.3 Å². The molecule has 0 aliphatic carbocycles. The number of hydrogen-bond acceptors (Lipinski definition) is 4. The van der Waals surface area contributed by atoms with Crippen molar-refractivity contribution < 1.29 is 31.1 Å². The smallest absolute Gasteiger partial charge is 0.367 e. The molecule has 1 saturated heterocycles. The van der Waals surface area contributed by atoms with Gasteiger partial charge in [-0.3, -0.25) is 4.79 Å². The van der Waals surface area contributed by atoms with Gasteiger partial charge in [-0.2, -0.15) is 13.2 Å². The topological polar surface area (TPSA) is 72.5 Å². The number of alkyl halides is 3. The molecule has 1 aliphatic heterocycles. The summed E-state index contributed by atoms with van der Waals surface area (Å²) < 4.78 is 63.6. The van der Waals surface area contributed by atoms with Gasteiger partial charge in [0.2, 0.25) is 0 Å². The number of hydrogen-bond donors (Lipinski definition) is 1. The number of benzene rings is 1. The summed E-state index contributed by atoms with van der Waals surface area (Å²) in [4.78, 5) is 12.2. The summed E-state index contributed by atoms with van der Waals surface area (Å²) in [6, 6.07) is 5.93. The Morgan fingerprint density at radius 2 is 1.92 bits per heavy atom. The van der Waals surface area contributed by atoms with Crippen molar-refractivity contribution >= 4 is 15.7 Å². The average molecular weight is 365 g/mol. The van der Waals surface area contributed by atoms with Crippen molar-refractivity contribution in [3.8, 4) is 0 Å². The number of rotatable bonds is 5. The van der Waals surface area contributed by atoms with Crippen LogP contribution in [0.25, 0.3) is 0 Å². The number of ether oxygens (including phenoxy) is 1. The first kappa shape index (κ1) is 18.7. The third kappa shape index (κ3) is 5.48. The predicted octanol–water partition coefficient (Wildman–Crippen LogP) is 2.07. The van der Waals surface area contributed by atoms with E-state index in [-0.39, 0.29) is 18.1 Å². The molecule has 0 bridgehead atoms. The summed E-state index contributed by atoms with van der Waals surface area (Å²) in [6.45, 7) is 0.133. The Balaban J connectivity index is 1.92. The van der Waals surface area contributed by atoms with Crippen LogP contribution in [-0.2, 0) is 21.2 Å². The number of carbonyl (C=O) groups excluding carboxylic acids is 1. The molecule has 0 saturated carbocycles. The van der Waals surface area contributed by atoms with Gasteiger partial charge in [-0.15, -0.1) is 0 Å². The zero-order valence-electron chi connectivity index (χ0n) is 13.0. The summed E-state index contributed by atoms with van der Waals surface area (Å²) in [5.41, 5.74) is 0.00951. The van der Waals surface area contributed by atoms with Crippen molar-refractivity contribution in [1.29, 1.82) is 0 Å². The van der Waals surface area contributed by atoms with Crippen molar-refractivity contribution in [3.63, 3.8) is 0 Å². The molecule has 0 spiro atoms. The molecule has 5 nitrogen and oxygen atoms in total. The molecule has 0 aromatic heterocycles. The second-order valence-electron chi connectivity index (χ2n) is 6.16. The Labute approximate surface area is 138 Å². The molecular weight excluding hydrogens is 347 g/mol. The van der Waals surface area contributed by atoms with E-state index >= 15 is 0 Å². The van der Waals surface area contributed by atoms with Gasteiger partial charge < -0.3 is 10.1 Å². The van der Waals surface area contributed by atoms with E-state index in [1.165, 1.54) is 24.3 Å². The largest absolute Gasteiger partial charge is 0.411 e. The maximum absolute atomic E-state index is 12.2. The first-order valence-corrected chi connectivity index (χ1v) is 9.07. The van der Waals surface area contributed by atoms with Gasteiger partial charge in [-0.1, -0.05) is 12.1 Å². The number of sulfone groups is 1. The van der Waals surface area contributed by atoms with Crippen molar-refractivity contribution in [3.05, 3.63) is 35.4 Å². The van der Waals surface area contributed by atoms with Gasteiger partial charge in [-0.05, 0) is 31.0 Å². The third-order valence-electron chi connectivity index (χ3n) is 3.67. The van der Waals surface area contributed by atoms with Crippen molar-refractivity contribution in [2.75, 3.05) is 18.1 Å². The van der Waals surface area contributed by atoms with E-state index in [9.17, 15) is 26.4 Å². The summed E-state index contributed by atoms with van der Waals surface area (Å²) in [6.07, 6.45) is -4.03. The molecule has 1 amide bonds. The molecule has 1 atom stereocenters. The van der Waals surface area contributed by atoms with E-state index in [0.29, 0.717) is 17.5 Å². The predicted molar refractivity (Wildman–Crippen MR) is 81.3 cm³/mol. The second-order valence-corrected chi connectivity index (χ2v) is 8.35. The van der Waals surface area contributed by atoms with Gasteiger partial charge in [0.25, 0.3) is 5.91 Å². The van der Waals surface area contributed by atoms with E-state index in [2.05, 4.69) is 10.1 Å². The quantitative estimate of drug-likeness (QED) is 0.867. The van der Waals surface area contributed by atoms with Crippen LogP contribution < -0.4 is 5.32 Å². The number of nitrogens with one attached hydrogen (secondary N) is 1. The minimum atomic E-state index is -4.38. The SMILES string of the molecule is C[C@]1(NC(=O)c2ccc(COCC(F)(F)F)cc2)CCS(=O)(=O)C1. The third-order valence-corrected chi connectivity index (χ3v) is 5.57. The summed E-state index contributed by atoms with van der Waals surface area (Å²) in [5, 5.41) is 2.71. The van der Waals surface area contributed by atoms with Crippen molar-refractivity contribution in [1.82, 2.24) is 5.32 Å². The lowest BCUT2D eigenvalue weighted by atomic mass is 10.0. The van der Waals surface area contributed by atoms with Crippen LogP contribution >= 0.6 is 0 Å². The minimum absolute atomic E-state index is 0.0409. The molecule has 1 aromatic rings. The lowest BCUT2D eigenvalue weighted by Gasteiger charge is -2.23. The maximum atomic E-state index is 12.2. The number of carbonyl (C=O) groups is 1. The molecule has 24 heavy (non-hydrogen) atoms. The Morgan fingerprint density at radius 3 is 2.42 bits per heavy atom. The molecule has 0 radical (unpaired) electrons. The van der Waals surface area contributed by atoms with Crippen LogP contribution in [0, 0.1) is 0 Å². The van der Waals surface area contributed by atoms with E-state index in [0.717, 1.165) is 0 Å². The van der Waals surface area contributed by atoms with Crippen molar-refractivity contribution in [2.24, 2.45) is 0 Å². The lowest BCUT2D eigenvalue weighted by molar-refractivity contribution is -0.176. The van der Waals surface area contributed by atoms with Gasteiger partial charge in [-0.25, -0.2) is 8.42 Å². The molecule has 9 heteroatoms. The summed E-state index contributed by atoms with van der Waals surface area (Å²) >= 11 is 0. The fourth-order valence-corrected chi connectivity index (χ4v) is 4.59. The molecule has 134 valence electrons. The van der Waals surface area contributed by atoms with E-state index in [4.69, 9.17) is 0 Å². The van der Waals surface area contributed by atoms with Gasteiger partial charge in [0.1, 0.15) is 6.61 Å². The van der Waals surface area contributed by atoms with Gasteiger partial charge in [0.15, 0.2) is 9.84 Å². The highest BCUT2D eigenvalue weighted by Crippen LogP contribution is 2.23. The monoisotopic (exact) mass is 365 g/mol. The fourth-order valence-electron chi connectivity index (χ4n) is 2.49. The fraction of sp³-hybridized carbons (Fsp3) is 0.533. The van der Waals surface area contributed by atoms with Gasteiger partial charge in [0.05, 0.1) is 23.7 Å². The second kappa shape index (κ2) is 6.72. The van der Waals surface area contributed by atoms with E-state index in [1.54, 1.807) is 6.92 Å². The van der Waals surface area contributed by atoms with Crippen LogP contribution in [0.4, 0.5) is 13.2 Å². The van der Waals surface area contributed by atoms with Crippen molar-refractivity contribution in [2.45, 2.75) is 31.7 Å².